The Morgan fingerprint density at radius 2 is 1.85 bits per heavy atom. The fraction of sp³-hybridized carbons (Fsp3) is 0.588. The van der Waals surface area contributed by atoms with Crippen molar-refractivity contribution in [2.24, 2.45) is 29.4 Å². The summed E-state index contributed by atoms with van der Waals surface area (Å²) in [5.74, 6) is 3.37. The highest BCUT2D eigenvalue weighted by Crippen LogP contribution is 2.65. The Balaban J connectivity index is 1.33. The van der Waals surface area contributed by atoms with Crippen LogP contribution in [-0.2, 0) is 11.2 Å². The molecule has 1 aromatic rings. The van der Waals surface area contributed by atoms with Crippen LogP contribution in [0.2, 0.25) is 0 Å². The van der Waals surface area contributed by atoms with Crippen LogP contribution in [-0.4, -0.2) is 18.0 Å². The third-order valence-electron chi connectivity index (χ3n) is 5.68. The van der Waals surface area contributed by atoms with Crippen LogP contribution in [0.1, 0.15) is 24.8 Å². The number of hydrogen-bond donors (Lipinski definition) is 2. The van der Waals surface area contributed by atoms with Gasteiger partial charge in [0.2, 0.25) is 5.91 Å². The van der Waals surface area contributed by atoms with Crippen LogP contribution in [0.15, 0.2) is 30.3 Å². The lowest BCUT2D eigenvalue weighted by atomic mass is 10.0. The zero-order chi connectivity index (χ0) is 13.7. The molecule has 0 spiro atoms. The lowest BCUT2D eigenvalue weighted by molar-refractivity contribution is -0.122. The van der Waals surface area contributed by atoms with Crippen molar-refractivity contribution in [1.29, 1.82) is 0 Å². The van der Waals surface area contributed by atoms with Crippen molar-refractivity contribution in [1.82, 2.24) is 5.32 Å². The van der Waals surface area contributed by atoms with E-state index in [-0.39, 0.29) is 5.91 Å². The molecule has 2 bridgehead atoms. The summed E-state index contributed by atoms with van der Waals surface area (Å²) >= 11 is 0. The Morgan fingerprint density at radius 3 is 2.50 bits per heavy atom. The Morgan fingerprint density at radius 1 is 1.20 bits per heavy atom. The minimum atomic E-state index is -0.420. The highest BCUT2D eigenvalue weighted by molar-refractivity contribution is 5.82. The molecular weight excluding hydrogens is 248 g/mol. The van der Waals surface area contributed by atoms with Gasteiger partial charge in [-0.2, -0.15) is 0 Å². The van der Waals surface area contributed by atoms with E-state index < -0.39 is 6.04 Å². The minimum Gasteiger partial charge on any atom is -0.351 e. The van der Waals surface area contributed by atoms with Crippen LogP contribution in [0.25, 0.3) is 0 Å². The number of rotatable bonds is 4. The number of nitrogens with two attached hydrogens (primary N) is 1. The Bertz CT molecular complexity index is 499. The second-order valence-corrected chi connectivity index (χ2v) is 6.82. The molecule has 4 rings (SSSR count). The van der Waals surface area contributed by atoms with Crippen LogP contribution in [0.5, 0.6) is 0 Å². The van der Waals surface area contributed by atoms with Gasteiger partial charge in [0.25, 0.3) is 0 Å². The molecule has 3 aliphatic rings. The van der Waals surface area contributed by atoms with E-state index in [1.54, 1.807) is 0 Å². The summed E-state index contributed by atoms with van der Waals surface area (Å²) in [5, 5.41) is 3.21. The van der Waals surface area contributed by atoms with Gasteiger partial charge in [0.15, 0.2) is 0 Å². The van der Waals surface area contributed by atoms with Crippen LogP contribution >= 0.6 is 0 Å². The predicted octanol–water partition coefficient (Wildman–Crippen LogP) is 1.72. The van der Waals surface area contributed by atoms with Crippen LogP contribution in [0, 0.1) is 23.7 Å². The van der Waals surface area contributed by atoms with Crippen LogP contribution in [0.3, 0.4) is 0 Å². The Hall–Kier alpha value is -1.35. The van der Waals surface area contributed by atoms with Gasteiger partial charge >= 0.3 is 0 Å². The highest BCUT2D eigenvalue weighted by atomic mass is 16.2. The Labute approximate surface area is 119 Å². The largest absolute Gasteiger partial charge is 0.351 e. The van der Waals surface area contributed by atoms with Gasteiger partial charge in [-0.1, -0.05) is 30.3 Å². The molecule has 0 aromatic heterocycles. The number of nitrogens with one attached hydrogen (secondary N) is 1. The maximum atomic E-state index is 12.2. The van der Waals surface area contributed by atoms with E-state index in [0.29, 0.717) is 12.5 Å². The lowest BCUT2D eigenvalue weighted by Gasteiger charge is -2.15. The molecule has 3 aliphatic carbocycles. The number of amides is 1. The fourth-order valence-corrected chi connectivity index (χ4v) is 4.75. The molecule has 0 saturated heterocycles. The second-order valence-electron chi connectivity index (χ2n) is 6.82. The minimum absolute atomic E-state index is 0.0349. The van der Waals surface area contributed by atoms with E-state index in [4.69, 9.17) is 5.73 Å². The number of carbonyl (C=O) groups is 1. The van der Waals surface area contributed by atoms with E-state index >= 15 is 0 Å². The number of carbonyl (C=O) groups excluding carboxylic acids is 1. The summed E-state index contributed by atoms with van der Waals surface area (Å²) in [7, 11) is 0. The molecule has 0 heterocycles. The zero-order valence-electron chi connectivity index (χ0n) is 11.7. The molecule has 5 atom stereocenters. The predicted molar refractivity (Wildman–Crippen MR) is 77.9 cm³/mol. The molecule has 3 saturated carbocycles. The number of fused-ring (bicyclic) bond motifs is 5. The van der Waals surface area contributed by atoms with E-state index in [1.165, 1.54) is 19.3 Å². The molecule has 3 fully saturated rings. The van der Waals surface area contributed by atoms with Gasteiger partial charge in [-0.25, -0.2) is 0 Å². The summed E-state index contributed by atoms with van der Waals surface area (Å²) in [6, 6.07) is 10.0. The van der Waals surface area contributed by atoms with Gasteiger partial charge in [0.05, 0.1) is 6.04 Å². The summed E-state index contributed by atoms with van der Waals surface area (Å²) in [6.45, 7) is 0. The second kappa shape index (κ2) is 4.59. The SMILES string of the molecule is N[C@@H](Cc1ccccc1)C(=O)NC1C2C3CCC(C3)C12. The quantitative estimate of drug-likeness (QED) is 0.875. The standard InChI is InChI=1S/C17H22N2O/c18-13(8-10-4-2-1-3-5-10)17(20)19-16-14-11-6-7-12(9-11)15(14)16/h1-5,11-16H,6-9,18H2,(H,19,20)/t11?,12?,13-,14?,15?,16?/m0/s1. The van der Waals surface area contributed by atoms with Crippen molar-refractivity contribution in [3.05, 3.63) is 35.9 Å². The van der Waals surface area contributed by atoms with Gasteiger partial charge in [-0.05, 0) is 54.9 Å². The Kier molecular flexibility index (Phi) is 2.84. The lowest BCUT2D eigenvalue weighted by Crippen LogP contribution is -2.44. The van der Waals surface area contributed by atoms with E-state index in [2.05, 4.69) is 5.32 Å². The van der Waals surface area contributed by atoms with E-state index in [1.807, 2.05) is 30.3 Å². The number of benzene rings is 1. The average Bonchev–Trinajstić information content (AvgIpc) is 2.84. The third kappa shape index (κ3) is 1.96. The highest BCUT2D eigenvalue weighted by Gasteiger charge is 2.65. The van der Waals surface area contributed by atoms with Crippen LogP contribution in [0.4, 0.5) is 0 Å². The topological polar surface area (TPSA) is 55.1 Å². The summed E-state index contributed by atoms with van der Waals surface area (Å²) in [6.07, 6.45) is 4.81. The maximum Gasteiger partial charge on any atom is 0.237 e. The fourth-order valence-electron chi connectivity index (χ4n) is 4.75. The van der Waals surface area contributed by atoms with E-state index in [9.17, 15) is 4.79 Å². The van der Waals surface area contributed by atoms with Gasteiger partial charge in [0, 0.05) is 6.04 Å². The molecule has 0 radical (unpaired) electrons. The first-order chi connectivity index (χ1) is 9.74. The van der Waals surface area contributed by atoms with Gasteiger partial charge in [0.1, 0.15) is 0 Å². The molecule has 4 unspecified atom stereocenters. The molecule has 3 nitrogen and oxygen atoms in total. The molecular formula is C17H22N2O. The first-order valence-electron chi connectivity index (χ1n) is 7.84. The van der Waals surface area contributed by atoms with Crippen molar-refractivity contribution < 1.29 is 4.79 Å². The number of hydrogen-bond acceptors (Lipinski definition) is 2. The normalized spacial score (nSPS) is 38.4. The van der Waals surface area contributed by atoms with Gasteiger partial charge in [-0.15, -0.1) is 0 Å². The van der Waals surface area contributed by atoms with Crippen molar-refractivity contribution >= 4 is 5.91 Å². The van der Waals surface area contributed by atoms with Gasteiger partial charge < -0.3 is 11.1 Å². The monoisotopic (exact) mass is 270 g/mol. The van der Waals surface area contributed by atoms with E-state index in [0.717, 1.165) is 29.2 Å². The third-order valence-corrected chi connectivity index (χ3v) is 5.68. The maximum absolute atomic E-state index is 12.2. The van der Waals surface area contributed by atoms with Crippen molar-refractivity contribution in [3.8, 4) is 0 Å². The van der Waals surface area contributed by atoms with Crippen molar-refractivity contribution in [2.45, 2.75) is 37.8 Å². The first kappa shape index (κ1) is 12.4. The first-order valence-corrected chi connectivity index (χ1v) is 7.84. The molecule has 1 amide bonds. The molecule has 106 valence electrons. The smallest absolute Gasteiger partial charge is 0.237 e. The zero-order valence-corrected chi connectivity index (χ0v) is 11.7. The molecule has 3 heteroatoms. The summed E-state index contributed by atoms with van der Waals surface area (Å²) in [5.41, 5.74) is 7.18. The average molecular weight is 270 g/mol. The summed E-state index contributed by atoms with van der Waals surface area (Å²) < 4.78 is 0. The van der Waals surface area contributed by atoms with Gasteiger partial charge in [-0.3, -0.25) is 4.79 Å². The van der Waals surface area contributed by atoms with Crippen molar-refractivity contribution in [3.63, 3.8) is 0 Å². The molecule has 20 heavy (non-hydrogen) atoms. The van der Waals surface area contributed by atoms with Crippen molar-refractivity contribution in [2.75, 3.05) is 0 Å². The molecule has 1 aromatic carbocycles. The summed E-state index contributed by atoms with van der Waals surface area (Å²) in [4.78, 5) is 12.2. The van der Waals surface area contributed by atoms with Crippen LogP contribution < -0.4 is 11.1 Å². The molecule has 0 aliphatic heterocycles. The molecule has 3 N–H and O–H groups in total.